The number of hydrogen-bond acceptors (Lipinski definition) is 11. The Morgan fingerprint density at radius 1 is 1.09 bits per heavy atom. The van der Waals surface area contributed by atoms with Gasteiger partial charge in [0.15, 0.2) is 0 Å². The van der Waals surface area contributed by atoms with Crippen LogP contribution in [0.15, 0.2) is 12.1 Å². The van der Waals surface area contributed by atoms with E-state index in [0.29, 0.717) is 10.9 Å². The second kappa shape index (κ2) is 9.33. The Bertz CT molecular complexity index is 805. The fourth-order valence-corrected chi connectivity index (χ4v) is 6.13. The molecule has 4 rings (SSSR count). The Balaban J connectivity index is 1.57. The Labute approximate surface area is 195 Å². The van der Waals surface area contributed by atoms with E-state index >= 15 is 0 Å². The summed E-state index contributed by atoms with van der Waals surface area (Å²) in [6.45, 7) is 2.22. The molecule has 3 heterocycles. The molecular formula is C20H32ClN3O7S. The lowest BCUT2D eigenvalue weighted by molar-refractivity contribution is -0.482. The van der Waals surface area contributed by atoms with Gasteiger partial charge in [-0.05, 0) is 33.2 Å². The van der Waals surface area contributed by atoms with Gasteiger partial charge in [0, 0.05) is 24.4 Å². The van der Waals surface area contributed by atoms with E-state index in [1.54, 1.807) is 27.1 Å². The molecule has 0 spiro atoms. The van der Waals surface area contributed by atoms with Crippen LogP contribution in [-0.4, -0.2) is 101 Å². The van der Waals surface area contributed by atoms with Crippen LogP contribution in [-0.2, 0) is 20.8 Å². The van der Waals surface area contributed by atoms with Crippen molar-refractivity contribution < 1.29 is 34.6 Å². The van der Waals surface area contributed by atoms with Crippen LogP contribution in [0.25, 0.3) is 0 Å². The van der Waals surface area contributed by atoms with Gasteiger partial charge in [0.1, 0.15) is 23.9 Å². The molecule has 0 radical (unpaired) electrons. The van der Waals surface area contributed by atoms with Gasteiger partial charge >= 0.3 is 0 Å². The highest BCUT2D eigenvalue weighted by Crippen LogP contribution is 2.46. The molecule has 1 unspecified atom stereocenters. The van der Waals surface area contributed by atoms with E-state index in [1.165, 1.54) is 11.3 Å². The molecule has 7 N–H and O–H groups in total. The maximum Gasteiger partial charge on any atom is 0.249 e. The van der Waals surface area contributed by atoms with Crippen molar-refractivity contribution in [1.29, 1.82) is 0 Å². The Kier molecular flexibility index (Phi) is 7.20. The quantitative estimate of drug-likeness (QED) is 0.256. The minimum absolute atomic E-state index is 0.00155. The molecule has 0 aromatic carbocycles. The van der Waals surface area contributed by atoms with Crippen molar-refractivity contribution in [1.82, 2.24) is 16.0 Å². The number of nitrogens with one attached hydrogen (secondary N) is 3. The second-order valence-electron chi connectivity index (χ2n) is 8.81. The van der Waals surface area contributed by atoms with Crippen LogP contribution >= 0.6 is 22.9 Å². The molecule has 10 atom stereocenters. The maximum atomic E-state index is 11.6. The van der Waals surface area contributed by atoms with E-state index in [-0.39, 0.29) is 13.0 Å². The molecule has 2 saturated heterocycles. The molecule has 182 valence electrons. The van der Waals surface area contributed by atoms with E-state index < -0.39 is 60.3 Å². The average molecular weight is 494 g/mol. The third-order valence-corrected chi connectivity index (χ3v) is 7.93. The normalized spacial score (nSPS) is 46.5. The molecule has 0 amide bonds. The highest BCUT2D eigenvalue weighted by atomic mass is 35.5. The molecule has 1 saturated carbocycles. The zero-order chi connectivity index (χ0) is 23.3. The highest BCUT2D eigenvalue weighted by molar-refractivity contribution is 7.16. The monoisotopic (exact) mass is 493 g/mol. The maximum absolute atomic E-state index is 11.6. The highest BCUT2D eigenvalue weighted by Gasteiger charge is 2.68. The molecule has 1 aromatic heterocycles. The third kappa shape index (κ3) is 4.12. The summed E-state index contributed by atoms with van der Waals surface area (Å²) < 4.78 is 18.6. The largest absolute Gasteiger partial charge is 0.390 e. The van der Waals surface area contributed by atoms with Gasteiger partial charge in [-0.2, -0.15) is 0 Å². The van der Waals surface area contributed by atoms with Crippen LogP contribution in [0.5, 0.6) is 0 Å². The smallest absolute Gasteiger partial charge is 0.249 e. The summed E-state index contributed by atoms with van der Waals surface area (Å²) in [6, 6.07) is 2.34. The van der Waals surface area contributed by atoms with Crippen molar-refractivity contribution in [2.45, 2.75) is 80.2 Å². The summed E-state index contributed by atoms with van der Waals surface area (Å²) in [6.07, 6.45) is -5.64. The van der Waals surface area contributed by atoms with Crippen molar-refractivity contribution in [3.63, 3.8) is 0 Å². The van der Waals surface area contributed by atoms with Crippen LogP contribution in [0.1, 0.15) is 18.2 Å². The van der Waals surface area contributed by atoms with E-state index in [9.17, 15) is 20.4 Å². The first kappa shape index (κ1) is 24.7. The fraction of sp³-hybridized carbons (Fsp3) is 0.800. The third-order valence-electron chi connectivity index (χ3n) is 6.69. The first-order valence-electron chi connectivity index (χ1n) is 10.7. The molecule has 12 heteroatoms. The van der Waals surface area contributed by atoms with Crippen molar-refractivity contribution in [2.75, 3.05) is 20.6 Å². The Morgan fingerprint density at radius 3 is 2.44 bits per heavy atom. The fourth-order valence-electron chi connectivity index (χ4n) is 5.07. The van der Waals surface area contributed by atoms with Gasteiger partial charge in [-0.15, -0.1) is 11.3 Å². The van der Waals surface area contributed by atoms with Crippen LogP contribution in [0.2, 0.25) is 4.34 Å². The molecule has 1 aromatic rings. The summed E-state index contributed by atoms with van der Waals surface area (Å²) in [5, 5.41) is 53.8. The summed E-state index contributed by atoms with van der Waals surface area (Å²) in [5.74, 6) is -2.22. The average Bonchev–Trinajstić information content (AvgIpc) is 3.14. The summed E-state index contributed by atoms with van der Waals surface area (Å²) in [4.78, 5) is 0.981. The van der Waals surface area contributed by atoms with Gasteiger partial charge in [-0.25, -0.2) is 0 Å². The number of likely N-dealkylation sites (N-methyl/N-ethyl adjacent to an activating group) is 2. The number of rotatable bonds is 6. The van der Waals surface area contributed by atoms with Gasteiger partial charge in [-0.1, -0.05) is 11.6 Å². The van der Waals surface area contributed by atoms with Gasteiger partial charge < -0.3 is 50.6 Å². The number of aliphatic hydroxyl groups is 4. The second-order valence-corrected chi connectivity index (χ2v) is 10.6. The lowest BCUT2D eigenvalue weighted by Crippen LogP contribution is -2.81. The lowest BCUT2D eigenvalue weighted by Gasteiger charge is -2.60. The van der Waals surface area contributed by atoms with Crippen LogP contribution in [0.3, 0.4) is 0 Å². The van der Waals surface area contributed by atoms with Crippen molar-refractivity contribution >= 4 is 22.9 Å². The number of aliphatic hydroxyl groups excluding tert-OH is 2. The first-order chi connectivity index (χ1) is 15.1. The standard InChI is InChI=1S/C20H32ClN3O7S/c1-9-6-19(27,8-24-7-10-4-5-11(21)32-10)20(28)18(29-9)30-17-15(26)12(22-2)14(25)13(23-3)16(17)31-20/h4-5,9,12-18,22-28H,6-8H2,1-3H3/t9-,12-,13+,14+,15+,16-,17-,18?,19-,20-/m1/s1. The first-order valence-corrected chi connectivity index (χ1v) is 11.9. The summed E-state index contributed by atoms with van der Waals surface area (Å²) >= 11 is 7.41. The molecule has 3 fully saturated rings. The van der Waals surface area contributed by atoms with E-state index in [1.807, 2.05) is 6.07 Å². The Hall–Kier alpha value is -0.410. The molecule has 0 bridgehead atoms. The predicted octanol–water partition coefficient (Wildman–Crippen LogP) is -1.26. The van der Waals surface area contributed by atoms with E-state index in [4.69, 9.17) is 25.8 Å². The number of ether oxygens (including phenoxy) is 3. The minimum atomic E-state index is -2.22. The van der Waals surface area contributed by atoms with Crippen molar-refractivity contribution in [3.8, 4) is 0 Å². The van der Waals surface area contributed by atoms with Crippen LogP contribution in [0.4, 0.5) is 0 Å². The SMILES string of the molecule is CN[C@@H]1[C@H](O)[C@H](NC)[C@H]2O[C@]3(O)C(O[C@@H]2[C@H]1O)O[C@H](C)C[C@@]3(O)CNCc1ccc(Cl)s1. The molecule has 1 aliphatic carbocycles. The van der Waals surface area contributed by atoms with Crippen LogP contribution in [0, 0.1) is 0 Å². The molecule has 2 aliphatic heterocycles. The lowest BCUT2D eigenvalue weighted by atomic mass is 9.77. The Morgan fingerprint density at radius 2 is 1.81 bits per heavy atom. The van der Waals surface area contributed by atoms with Gasteiger partial charge in [-0.3, -0.25) is 0 Å². The summed E-state index contributed by atoms with van der Waals surface area (Å²) in [5.41, 5.74) is -1.75. The molecular weight excluding hydrogens is 462 g/mol. The van der Waals surface area contributed by atoms with Gasteiger partial charge in [0.25, 0.3) is 0 Å². The van der Waals surface area contributed by atoms with E-state index in [2.05, 4.69) is 16.0 Å². The predicted molar refractivity (Wildman–Crippen MR) is 117 cm³/mol. The van der Waals surface area contributed by atoms with Crippen molar-refractivity contribution in [3.05, 3.63) is 21.3 Å². The topological polar surface area (TPSA) is 145 Å². The number of thiophene rings is 1. The number of fused-ring (bicyclic) bond motifs is 2. The van der Waals surface area contributed by atoms with Gasteiger partial charge in [0.2, 0.25) is 12.1 Å². The minimum Gasteiger partial charge on any atom is -0.390 e. The molecule has 32 heavy (non-hydrogen) atoms. The van der Waals surface area contributed by atoms with Gasteiger partial charge in [0.05, 0.1) is 28.6 Å². The molecule has 10 nitrogen and oxygen atoms in total. The number of hydrogen-bond donors (Lipinski definition) is 7. The van der Waals surface area contributed by atoms with Crippen LogP contribution < -0.4 is 16.0 Å². The summed E-state index contributed by atoms with van der Waals surface area (Å²) in [7, 11) is 3.28. The van der Waals surface area contributed by atoms with E-state index in [0.717, 1.165) is 4.88 Å². The van der Waals surface area contributed by atoms with Crippen molar-refractivity contribution in [2.24, 2.45) is 0 Å². The zero-order valence-electron chi connectivity index (χ0n) is 18.2. The number of halogens is 1. The molecule has 3 aliphatic rings. The zero-order valence-corrected chi connectivity index (χ0v) is 19.8.